The van der Waals surface area contributed by atoms with E-state index in [1.807, 2.05) is 0 Å². The molecule has 0 aliphatic rings. The van der Waals surface area contributed by atoms with E-state index in [9.17, 15) is 0 Å². The minimum absolute atomic E-state index is 0. The predicted molar refractivity (Wildman–Crippen MR) is 185 cm³/mol. The first-order valence-electron chi connectivity index (χ1n) is 13.0. The van der Waals surface area contributed by atoms with Crippen LogP contribution in [0.3, 0.4) is 0 Å². The van der Waals surface area contributed by atoms with Gasteiger partial charge in [-0.1, -0.05) is 182 Å². The van der Waals surface area contributed by atoms with Crippen LogP contribution in [0.15, 0.2) is 182 Å². The summed E-state index contributed by atoms with van der Waals surface area (Å²) in [4.78, 5) is 0. The molecule has 6 aromatic carbocycles. The molecule has 211 valence electrons. The molecule has 0 atom stereocenters. The van der Waals surface area contributed by atoms with Gasteiger partial charge in [-0.15, -0.1) is 24.8 Å². The zero-order valence-corrected chi connectivity index (χ0v) is 27.7. The summed E-state index contributed by atoms with van der Waals surface area (Å²) in [5.74, 6) is 0. The molecule has 0 radical (unpaired) electrons. The monoisotopic (exact) mass is 663 g/mol. The quantitative estimate of drug-likeness (QED) is 0.168. The Morgan fingerprint density at radius 2 is 0.381 bits per heavy atom. The Kier molecular flexibility index (Phi) is 16.9. The van der Waals surface area contributed by atoms with Gasteiger partial charge in [-0.2, -0.15) is 0 Å². The molecule has 42 heavy (non-hydrogen) atoms. The molecule has 0 aliphatic heterocycles. The van der Waals surface area contributed by atoms with Crippen LogP contribution in [0, 0.1) is 0 Å². The fourth-order valence-electron chi connectivity index (χ4n) is 4.36. The molecule has 0 N–H and O–H groups in total. The number of hydrogen-bond acceptors (Lipinski definition) is 1. The van der Waals surface area contributed by atoms with Gasteiger partial charge in [0.25, 0.3) is 0 Å². The Labute approximate surface area is 274 Å². The molecular formula is C36H32Cl2OP2V. The van der Waals surface area contributed by atoms with Crippen molar-refractivity contribution in [2.24, 2.45) is 0 Å². The maximum atomic E-state index is 8.19. The van der Waals surface area contributed by atoms with E-state index in [4.69, 9.17) is 3.67 Å². The SMILES string of the molecule is Cl.Cl.[O]=[V].c1ccc(P(c2ccccc2)c2ccccc2)cc1.c1ccc(P(c2ccccc2)c2ccccc2)cc1. The van der Waals surface area contributed by atoms with Crippen molar-refractivity contribution in [1.29, 1.82) is 0 Å². The van der Waals surface area contributed by atoms with E-state index in [0.29, 0.717) is 0 Å². The van der Waals surface area contributed by atoms with Crippen molar-refractivity contribution in [1.82, 2.24) is 0 Å². The Bertz CT molecular complexity index is 1210. The van der Waals surface area contributed by atoms with Gasteiger partial charge in [0.05, 0.1) is 0 Å². The summed E-state index contributed by atoms with van der Waals surface area (Å²) in [6, 6.07) is 64.7. The van der Waals surface area contributed by atoms with E-state index in [-0.39, 0.29) is 24.8 Å². The Balaban J connectivity index is 0.000000265. The summed E-state index contributed by atoms with van der Waals surface area (Å²) in [5.41, 5.74) is 0. The molecule has 6 heteroatoms. The second-order valence-electron chi connectivity index (χ2n) is 8.68. The van der Waals surface area contributed by atoms with E-state index in [2.05, 4.69) is 182 Å². The van der Waals surface area contributed by atoms with Gasteiger partial charge in [-0.25, -0.2) is 0 Å². The van der Waals surface area contributed by atoms with Crippen LogP contribution in [-0.2, 0) is 21.0 Å². The minimum Gasteiger partial charge on any atom is -0.0622 e. The number of hydrogen-bond donors (Lipinski definition) is 0. The van der Waals surface area contributed by atoms with Crippen molar-refractivity contribution < 1.29 is 21.0 Å². The second kappa shape index (κ2) is 20.1. The van der Waals surface area contributed by atoms with Crippen LogP contribution in [-0.4, -0.2) is 0 Å². The summed E-state index contributed by atoms with van der Waals surface area (Å²) in [6.07, 6.45) is 0. The first kappa shape index (κ1) is 35.3. The van der Waals surface area contributed by atoms with Gasteiger partial charge in [-0.05, 0) is 47.7 Å². The maximum absolute atomic E-state index is 8.19. The van der Waals surface area contributed by atoms with Crippen molar-refractivity contribution in [2.45, 2.75) is 0 Å². The standard InChI is InChI=1S/2C18H15P.2ClH.O.V/c2*1-4-10-16(11-5-1)19(17-12-6-2-7-13-17)18-14-8-3-9-15-18;;;;/h2*1-15H;2*1H;;. The van der Waals surface area contributed by atoms with Gasteiger partial charge in [0.1, 0.15) is 0 Å². The van der Waals surface area contributed by atoms with E-state index in [0.717, 1.165) is 17.4 Å². The average Bonchev–Trinajstić information content (AvgIpc) is 3.06. The molecule has 0 bridgehead atoms. The van der Waals surface area contributed by atoms with E-state index < -0.39 is 15.8 Å². The Hall–Kier alpha value is -2.86. The molecule has 0 unspecified atom stereocenters. The van der Waals surface area contributed by atoms with Crippen molar-refractivity contribution in [3.63, 3.8) is 0 Å². The van der Waals surface area contributed by atoms with Crippen LogP contribution in [0.5, 0.6) is 0 Å². The van der Waals surface area contributed by atoms with Gasteiger partial charge < -0.3 is 0 Å². The zero-order chi connectivity index (χ0) is 27.8. The van der Waals surface area contributed by atoms with Crippen LogP contribution >= 0.6 is 40.7 Å². The number of halogens is 2. The molecule has 0 saturated heterocycles. The molecule has 6 aromatic rings. The third kappa shape index (κ3) is 10.1. The maximum Gasteiger partial charge on any atom is -0.0134 e. The third-order valence-electron chi connectivity index (χ3n) is 6.09. The molecule has 0 heterocycles. The van der Waals surface area contributed by atoms with Crippen LogP contribution in [0.2, 0.25) is 0 Å². The van der Waals surface area contributed by atoms with Gasteiger partial charge in [-0.3, -0.25) is 0 Å². The fourth-order valence-corrected chi connectivity index (χ4v) is 8.97. The summed E-state index contributed by atoms with van der Waals surface area (Å²) in [5, 5.41) is 8.39. The van der Waals surface area contributed by atoms with E-state index in [1.54, 1.807) is 0 Å². The summed E-state index contributed by atoms with van der Waals surface area (Å²) >= 11 is 1.06. The molecular weight excluding hydrogens is 632 g/mol. The molecule has 0 spiro atoms. The van der Waals surface area contributed by atoms with Crippen LogP contribution < -0.4 is 31.8 Å². The van der Waals surface area contributed by atoms with Crippen molar-refractivity contribution >= 4 is 72.5 Å². The Morgan fingerprint density at radius 3 is 0.500 bits per heavy atom. The van der Waals surface area contributed by atoms with Gasteiger partial charge >= 0.3 is 21.0 Å². The smallest absolute Gasteiger partial charge is 0.0134 e. The number of rotatable bonds is 6. The van der Waals surface area contributed by atoms with Crippen LogP contribution in [0.4, 0.5) is 0 Å². The van der Waals surface area contributed by atoms with E-state index in [1.165, 1.54) is 31.8 Å². The predicted octanol–water partition coefficient (Wildman–Crippen LogP) is 7.61. The molecule has 6 rings (SSSR count). The first-order valence-corrected chi connectivity index (χ1v) is 16.2. The second-order valence-corrected chi connectivity index (χ2v) is 13.1. The molecule has 0 amide bonds. The minimum atomic E-state index is -0.446. The van der Waals surface area contributed by atoms with E-state index >= 15 is 0 Å². The number of benzene rings is 6. The van der Waals surface area contributed by atoms with Crippen LogP contribution in [0.1, 0.15) is 0 Å². The fraction of sp³-hybridized carbons (Fsp3) is 0. The topological polar surface area (TPSA) is 17.1 Å². The van der Waals surface area contributed by atoms with Gasteiger partial charge in [0, 0.05) is 0 Å². The largest absolute Gasteiger partial charge is 0.0622 e. The van der Waals surface area contributed by atoms with Crippen molar-refractivity contribution in [3.05, 3.63) is 182 Å². The summed E-state index contributed by atoms with van der Waals surface area (Å²) in [6.45, 7) is 0. The normalized spacial score (nSPS) is 9.64. The van der Waals surface area contributed by atoms with Gasteiger partial charge in [0.2, 0.25) is 0 Å². The Morgan fingerprint density at radius 1 is 0.262 bits per heavy atom. The van der Waals surface area contributed by atoms with Crippen molar-refractivity contribution in [3.8, 4) is 0 Å². The summed E-state index contributed by atoms with van der Waals surface area (Å²) < 4.78 is 8.19. The van der Waals surface area contributed by atoms with Crippen LogP contribution in [0.25, 0.3) is 0 Å². The molecule has 0 aromatic heterocycles. The molecule has 0 fully saturated rings. The third-order valence-corrected chi connectivity index (χ3v) is 11.0. The molecule has 0 aliphatic carbocycles. The molecule has 0 saturated carbocycles. The first-order chi connectivity index (χ1) is 19.9. The summed E-state index contributed by atoms with van der Waals surface area (Å²) in [7, 11) is -0.892. The van der Waals surface area contributed by atoms with Crippen molar-refractivity contribution in [2.75, 3.05) is 0 Å². The average molecular weight is 664 g/mol. The molecule has 1 nitrogen and oxygen atoms in total. The zero-order valence-electron chi connectivity index (χ0n) is 22.9. The van der Waals surface area contributed by atoms with Gasteiger partial charge in [0.15, 0.2) is 0 Å².